The summed E-state index contributed by atoms with van der Waals surface area (Å²) in [7, 11) is 1.68. The first-order chi connectivity index (χ1) is 10.2. The highest BCUT2D eigenvalue weighted by Crippen LogP contribution is 2.29. The van der Waals surface area contributed by atoms with Gasteiger partial charge in [-0.3, -0.25) is 0 Å². The molecule has 1 aromatic carbocycles. The molecule has 0 aliphatic rings. The van der Waals surface area contributed by atoms with Gasteiger partial charge in [-0.05, 0) is 42.5 Å². The van der Waals surface area contributed by atoms with Gasteiger partial charge >= 0.3 is 0 Å². The fourth-order valence-corrected chi connectivity index (χ4v) is 2.77. The van der Waals surface area contributed by atoms with Gasteiger partial charge in [0.25, 0.3) is 0 Å². The molecule has 0 spiro atoms. The van der Waals surface area contributed by atoms with Crippen LogP contribution in [0.3, 0.4) is 0 Å². The lowest BCUT2D eigenvalue weighted by atomic mass is 10.1. The van der Waals surface area contributed by atoms with Crippen LogP contribution in [0.25, 0.3) is 0 Å². The Morgan fingerprint density at radius 1 is 1.24 bits per heavy atom. The number of benzene rings is 1. The molecule has 21 heavy (non-hydrogen) atoms. The van der Waals surface area contributed by atoms with E-state index < -0.39 is 0 Å². The maximum atomic E-state index is 5.97. The molecule has 1 atom stereocenters. The minimum absolute atomic E-state index is 0.0892. The number of ether oxygens (including phenoxy) is 2. The van der Waals surface area contributed by atoms with Crippen LogP contribution in [0.4, 0.5) is 0 Å². The van der Waals surface area contributed by atoms with Crippen molar-refractivity contribution >= 4 is 11.3 Å². The predicted octanol–water partition coefficient (Wildman–Crippen LogP) is 3.88. The standard InChI is InChI=1S/C17H23NO2S/c1-4-14-7-8-16(17(10-14)19-3)20-13(2)11-18-12-15-6-5-9-21-15/h5-10,13,18H,4,11-12H2,1-3H3. The topological polar surface area (TPSA) is 30.5 Å². The number of methoxy groups -OCH3 is 1. The third-order valence-electron chi connectivity index (χ3n) is 3.28. The lowest BCUT2D eigenvalue weighted by Crippen LogP contribution is -2.28. The van der Waals surface area contributed by atoms with E-state index in [-0.39, 0.29) is 6.10 Å². The molecule has 0 radical (unpaired) electrons. The van der Waals surface area contributed by atoms with Crippen molar-refractivity contribution in [3.05, 3.63) is 46.2 Å². The van der Waals surface area contributed by atoms with Crippen molar-refractivity contribution in [2.24, 2.45) is 0 Å². The normalized spacial score (nSPS) is 12.1. The zero-order valence-corrected chi connectivity index (χ0v) is 13.7. The van der Waals surface area contributed by atoms with E-state index in [4.69, 9.17) is 9.47 Å². The van der Waals surface area contributed by atoms with Crippen molar-refractivity contribution in [3.8, 4) is 11.5 Å². The van der Waals surface area contributed by atoms with Crippen molar-refractivity contribution < 1.29 is 9.47 Å². The number of hydrogen-bond acceptors (Lipinski definition) is 4. The second kappa shape index (κ2) is 8.05. The van der Waals surface area contributed by atoms with Gasteiger partial charge in [0, 0.05) is 18.0 Å². The molecular weight excluding hydrogens is 282 g/mol. The van der Waals surface area contributed by atoms with Crippen LogP contribution in [-0.4, -0.2) is 19.8 Å². The lowest BCUT2D eigenvalue weighted by molar-refractivity contribution is 0.207. The number of aryl methyl sites for hydroxylation is 1. The van der Waals surface area contributed by atoms with Crippen molar-refractivity contribution in [1.29, 1.82) is 0 Å². The summed E-state index contributed by atoms with van der Waals surface area (Å²) in [6.45, 7) is 5.88. The van der Waals surface area contributed by atoms with Crippen LogP contribution in [0, 0.1) is 0 Å². The predicted molar refractivity (Wildman–Crippen MR) is 88.5 cm³/mol. The van der Waals surface area contributed by atoms with Gasteiger partial charge in [0.05, 0.1) is 7.11 Å². The highest BCUT2D eigenvalue weighted by Gasteiger charge is 2.09. The summed E-state index contributed by atoms with van der Waals surface area (Å²) in [6, 6.07) is 10.3. The van der Waals surface area contributed by atoms with Crippen molar-refractivity contribution in [2.75, 3.05) is 13.7 Å². The zero-order chi connectivity index (χ0) is 15.1. The van der Waals surface area contributed by atoms with Crippen molar-refractivity contribution in [3.63, 3.8) is 0 Å². The van der Waals surface area contributed by atoms with Crippen LogP contribution in [0.15, 0.2) is 35.7 Å². The summed E-state index contributed by atoms with van der Waals surface area (Å²) in [5.74, 6) is 1.61. The van der Waals surface area contributed by atoms with E-state index in [1.165, 1.54) is 10.4 Å². The Labute approximate surface area is 130 Å². The molecule has 0 bridgehead atoms. The molecule has 3 nitrogen and oxygen atoms in total. The maximum Gasteiger partial charge on any atom is 0.161 e. The largest absolute Gasteiger partial charge is 0.493 e. The summed E-state index contributed by atoms with van der Waals surface area (Å²) >= 11 is 1.77. The molecule has 1 unspecified atom stereocenters. The molecule has 0 saturated heterocycles. The van der Waals surface area contributed by atoms with Gasteiger partial charge < -0.3 is 14.8 Å². The summed E-state index contributed by atoms with van der Waals surface area (Å²) in [6.07, 6.45) is 1.08. The third-order valence-corrected chi connectivity index (χ3v) is 4.15. The minimum Gasteiger partial charge on any atom is -0.493 e. The van der Waals surface area contributed by atoms with Crippen LogP contribution < -0.4 is 14.8 Å². The fourth-order valence-electron chi connectivity index (χ4n) is 2.10. The monoisotopic (exact) mass is 305 g/mol. The Morgan fingerprint density at radius 2 is 2.10 bits per heavy atom. The van der Waals surface area contributed by atoms with Crippen LogP contribution in [0.1, 0.15) is 24.3 Å². The number of hydrogen-bond donors (Lipinski definition) is 1. The quantitative estimate of drug-likeness (QED) is 0.803. The van der Waals surface area contributed by atoms with Crippen LogP contribution >= 0.6 is 11.3 Å². The lowest BCUT2D eigenvalue weighted by Gasteiger charge is -2.18. The Kier molecular flexibility index (Phi) is 6.08. The zero-order valence-electron chi connectivity index (χ0n) is 12.9. The molecular formula is C17H23NO2S. The van der Waals surface area contributed by atoms with E-state index >= 15 is 0 Å². The molecule has 4 heteroatoms. The van der Waals surface area contributed by atoms with E-state index in [0.717, 1.165) is 31.0 Å². The van der Waals surface area contributed by atoms with Gasteiger partial charge in [0.15, 0.2) is 11.5 Å². The van der Waals surface area contributed by atoms with Crippen LogP contribution in [0.5, 0.6) is 11.5 Å². The van der Waals surface area contributed by atoms with Gasteiger partial charge in [0.1, 0.15) is 6.10 Å². The van der Waals surface area contributed by atoms with Gasteiger partial charge in [-0.2, -0.15) is 0 Å². The van der Waals surface area contributed by atoms with E-state index in [1.807, 2.05) is 12.1 Å². The second-order valence-corrected chi connectivity index (χ2v) is 6.01. The molecule has 1 heterocycles. The smallest absolute Gasteiger partial charge is 0.161 e. The first kappa shape index (κ1) is 15.9. The molecule has 2 rings (SSSR count). The van der Waals surface area contributed by atoms with Gasteiger partial charge in [0.2, 0.25) is 0 Å². The van der Waals surface area contributed by atoms with E-state index in [1.54, 1.807) is 18.4 Å². The molecule has 0 amide bonds. The molecule has 1 aromatic heterocycles. The first-order valence-electron chi connectivity index (χ1n) is 7.29. The summed E-state index contributed by atoms with van der Waals surface area (Å²) in [4.78, 5) is 1.34. The first-order valence-corrected chi connectivity index (χ1v) is 8.17. The number of thiophene rings is 1. The Balaban J connectivity index is 1.85. The Hall–Kier alpha value is -1.52. The molecule has 0 aliphatic heterocycles. The second-order valence-electron chi connectivity index (χ2n) is 4.98. The van der Waals surface area contributed by atoms with Crippen LogP contribution in [0.2, 0.25) is 0 Å². The maximum absolute atomic E-state index is 5.97. The molecule has 0 aliphatic carbocycles. The molecule has 114 valence electrons. The molecule has 0 saturated carbocycles. The fraction of sp³-hybridized carbons (Fsp3) is 0.412. The van der Waals surface area contributed by atoms with E-state index in [0.29, 0.717) is 0 Å². The minimum atomic E-state index is 0.0892. The van der Waals surface area contributed by atoms with Gasteiger partial charge in [-0.1, -0.05) is 19.1 Å². The highest BCUT2D eigenvalue weighted by molar-refractivity contribution is 7.09. The SMILES string of the molecule is CCc1ccc(OC(C)CNCc2cccs2)c(OC)c1. The van der Waals surface area contributed by atoms with Crippen molar-refractivity contribution in [1.82, 2.24) is 5.32 Å². The van der Waals surface area contributed by atoms with Crippen molar-refractivity contribution in [2.45, 2.75) is 32.9 Å². The molecule has 2 aromatic rings. The average molecular weight is 305 g/mol. The number of nitrogens with one attached hydrogen (secondary N) is 1. The Bertz CT molecular complexity index is 540. The number of rotatable bonds is 8. The van der Waals surface area contributed by atoms with Gasteiger partial charge in [-0.25, -0.2) is 0 Å². The van der Waals surface area contributed by atoms with Gasteiger partial charge in [-0.15, -0.1) is 11.3 Å². The average Bonchev–Trinajstić information content (AvgIpc) is 3.01. The summed E-state index contributed by atoms with van der Waals surface area (Å²) < 4.78 is 11.4. The third kappa shape index (κ3) is 4.76. The molecule has 1 N–H and O–H groups in total. The summed E-state index contributed by atoms with van der Waals surface area (Å²) in [5.41, 5.74) is 1.25. The molecule has 0 fully saturated rings. The van der Waals surface area contributed by atoms with Crippen LogP contribution in [-0.2, 0) is 13.0 Å². The Morgan fingerprint density at radius 3 is 2.76 bits per heavy atom. The van der Waals surface area contributed by atoms with E-state index in [2.05, 4.69) is 42.7 Å². The highest BCUT2D eigenvalue weighted by atomic mass is 32.1. The van der Waals surface area contributed by atoms with E-state index in [9.17, 15) is 0 Å². The summed E-state index contributed by atoms with van der Waals surface area (Å²) in [5, 5.41) is 5.51.